The molecule has 0 radical (unpaired) electrons. The van der Waals surface area contributed by atoms with Crippen LogP contribution >= 0.6 is 0 Å². The Morgan fingerprint density at radius 3 is 2.45 bits per heavy atom. The summed E-state index contributed by atoms with van der Waals surface area (Å²) >= 11 is 0. The molecule has 2 aromatic carbocycles. The molecule has 3 aromatic rings. The molecule has 0 atom stereocenters. The number of aromatic nitrogens is 3. The van der Waals surface area contributed by atoms with Gasteiger partial charge in [0, 0.05) is 5.56 Å². The quantitative estimate of drug-likeness (QED) is 0.690. The fourth-order valence-electron chi connectivity index (χ4n) is 2.08. The number of ketones is 1. The SMILES string of the molecule is CC(=O)C=Cc1ccc(-n2cc(-c3ccccc3)nn2)cc1. The van der Waals surface area contributed by atoms with Crippen LogP contribution in [0.1, 0.15) is 12.5 Å². The van der Waals surface area contributed by atoms with E-state index in [9.17, 15) is 4.79 Å². The van der Waals surface area contributed by atoms with Gasteiger partial charge in [0.1, 0.15) is 5.69 Å². The Labute approximate surface area is 128 Å². The molecule has 0 fully saturated rings. The van der Waals surface area contributed by atoms with E-state index < -0.39 is 0 Å². The van der Waals surface area contributed by atoms with E-state index in [1.807, 2.05) is 60.8 Å². The minimum atomic E-state index is 0.0351. The van der Waals surface area contributed by atoms with Crippen molar-refractivity contribution in [3.63, 3.8) is 0 Å². The molecular weight excluding hydrogens is 274 g/mol. The van der Waals surface area contributed by atoms with Crippen molar-refractivity contribution in [1.82, 2.24) is 15.0 Å². The van der Waals surface area contributed by atoms with Crippen LogP contribution in [0.25, 0.3) is 23.0 Å². The average Bonchev–Trinajstić information content (AvgIpc) is 3.04. The van der Waals surface area contributed by atoms with Gasteiger partial charge >= 0.3 is 0 Å². The molecule has 3 rings (SSSR count). The number of rotatable bonds is 4. The second-order valence-electron chi connectivity index (χ2n) is 4.95. The fourth-order valence-corrected chi connectivity index (χ4v) is 2.08. The Morgan fingerprint density at radius 1 is 1.05 bits per heavy atom. The lowest BCUT2D eigenvalue weighted by molar-refractivity contribution is -0.112. The first-order valence-electron chi connectivity index (χ1n) is 6.99. The zero-order chi connectivity index (χ0) is 15.4. The molecule has 4 heteroatoms. The second kappa shape index (κ2) is 6.18. The van der Waals surface area contributed by atoms with Crippen molar-refractivity contribution in [2.45, 2.75) is 6.92 Å². The Kier molecular flexibility index (Phi) is 3.92. The highest BCUT2D eigenvalue weighted by Crippen LogP contribution is 2.17. The highest BCUT2D eigenvalue weighted by molar-refractivity contribution is 5.91. The summed E-state index contributed by atoms with van der Waals surface area (Å²) in [5.74, 6) is 0.0351. The molecule has 0 spiro atoms. The van der Waals surface area contributed by atoms with Crippen LogP contribution in [0.5, 0.6) is 0 Å². The molecule has 4 nitrogen and oxygen atoms in total. The maximum atomic E-state index is 10.9. The van der Waals surface area contributed by atoms with Gasteiger partial charge in [-0.1, -0.05) is 53.8 Å². The van der Waals surface area contributed by atoms with Gasteiger partial charge in [0.2, 0.25) is 0 Å². The van der Waals surface area contributed by atoms with Crippen LogP contribution in [0, 0.1) is 0 Å². The summed E-state index contributed by atoms with van der Waals surface area (Å²) in [7, 11) is 0. The summed E-state index contributed by atoms with van der Waals surface area (Å²) in [6.07, 6.45) is 5.25. The van der Waals surface area contributed by atoms with Crippen molar-refractivity contribution < 1.29 is 4.79 Å². The number of allylic oxidation sites excluding steroid dienone is 1. The van der Waals surface area contributed by atoms with E-state index in [0.717, 1.165) is 22.5 Å². The van der Waals surface area contributed by atoms with Crippen LogP contribution in [-0.2, 0) is 4.79 Å². The van der Waals surface area contributed by atoms with E-state index in [4.69, 9.17) is 0 Å². The molecule has 0 N–H and O–H groups in total. The second-order valence-corrected chi connectivity index (χ2v) is 4.95. The Balaban J connectivity index is 1.83. The average molecular weight is 289 g/mol. The lowest BCUT2D eigenvalue weighted by Gasteiger charge is -2.00. The lowest BCUT2D eigenvalue weighted by atomic mass is 10.1. The van der Waals surface area contributed by atoms with Crippen molar-refractivity contribution >= 4 is 11.9 Å². The molecule has 0 saturated heterocycles. The zero-order valence-corrected chi connectivity index (χ0v) is 12.2. The summed E-state index contributed by atoms with van der Waals surface area (Å²) in [4.78, 5) is 10.9. The molecule has 0 aliphatic rings. The predicted octanol–water partition coefficient (Wildman–Crippen LogP) is 3.54. The summed E-state index contributed by atoms with van der Waals surface area (Å²) in [5, 5.41) is 8.36. The third-order valence-electron chi connectivity index (χ3n) is 3.23. The van der Waals surface area contributed by atoms with Crippen molar-refractivity contribution in [2.75, 3.05) is 0 Å². The van der Waals surface area contributed by atoms with Gasteiger partial charge in [-0.25, -0.2) is 4.68 Å². The molecular formula is C18H15N3O. The van der Waals surface area contributed by atoms with Crippen LogP contribution in [0.15, 0.2) is 66.9 Å². The molecule has 0 aliphatic heterocycles. The molecule has 0 bridgehead atoms. The summed E-state index contributed by atoms with van der Waals surface area (Å²) in [6.45, 7) is 1.53. The van der Waals surface area contributed by atoms with Gasteiger partial charge in [0.05, 0.1) is 11.9 Å². The van der Waals surface area contributed by atoms with Gasteiger partial charge in [-0.3, -0.25) is 4.79 Å². The van der Waals surface area contributed by atoms with Gasteiger partial charge in [0.15, 0.2) is 5.78 Å². The molecule has 108 valence electrons. The monoisotopic (exact) mass is 289 g/mol. The highest BCUT2D eigenvalue weighted by atomic mass is 16.1. The molecule has 1 aromatic heterocycles. The predicted molar refractivity (Wildman–Crippen MR) is 86.5 cm³/mol. The number of carbonyl (C=O) groups is 1. The van der Waals surface area contributed by atoms with Crippen molar-refractivity contribution in [2.24, 2.45) is 0 Å². The van der Waals surface area contributed by atoms with E-state index in [0.29, 0.717) is 0 Å². The summed E-state index contributed by atoms with van der Waals surface area (Å²) < 4.78 is 1.74. The lowest BCUT2D eigenvalue weighted by Crippen LogP contribution is -1.94. The maximum absolute atomic E-state index is 10.9. The van der Waals surface area contributed by atoms with Gasteiger partial charge in [-0.05, 0) is 30.7 Å². The van der Waals surface area contributed by atoms with Gasteiger partial charge in [0.25, 0.3) is 0 Å². The number of carbonyl (C=O) groups excluding carboxylic acids is 1. The highest BCUT2D eigenvalue weighted by Gasteiger charge is 2.04. The maximum Gasteiger partial charge on any atom is 0.152 e. The van der Waals surface area contributed by atoms with Crippen LogP contribution in [0.3, 0.4) is 0 Å². The molecule has 0 amide bonds. The zero-order valence-electron chi connectivity index (χ0n) is 12.2. The van der Waals surface area contributed by atoms with Gasteiger partial charge in [-0.15, -0.1) is 5.10 Å². The Hall–Kier alpha value is -3.01. The van der Waals surface area contributed by atoms with Crippen LogP contribution in [-0.4, -0.2) is 20.8 Å². The van der Waals surface area contributed by atoms with Crippen molar-refractivity contribution in [3.8, 4) is 16.9 Å². The van der Waals surface area contributed by atoms with Crippen LogP contribution < -0.4 is 0 Å². The van der Waals surface area contributed by atoms with E-state index in [-0.39, 0.29) is 5.78 Å². The first-order chi connectivity index (χ1) is 10.7. The molecule has 0 aliphatic carbocycles. The number of hydrogen-bond acceptors (Lipinski definition) is 3. The van der Waals surface area contributed by atoms with Crippen molar-refractivity contribution in [1.29, 1.82) is 0 Å². The van der Waals surface area contributed by atoms with Crippen molar-refractivity contribution in [3.05, 3.63) is 72.4 Å². The first kappa shape index (κ1) is 13.9. The van der Waals surface area contributed by atoms with Gasteiger partial charge < -0.3 is 0 Å². The molecule has 22 heavy (non-hydrogen) atoms. The number of benzene rings is 2. The molecule has 0 unspecified atom stereocenters. The summed E-state index contributed by atoms with van der Waals surface area (Å²) in [6, 6.07) is 17.7. The standard InChI is InChI=1S/C18H15N3O/c1-14(22)7-8-15-9-11-17(12-10-15)21-13-18(19-20-21)16-5-3-2-4-6-16/h2-13H,1H3. The largest absolute Gasteiger partial charge is 0.295 e. The molecule has 1 heterocycles. The first-order valence-corrected chi connectivity index (χ1v) is 6.99. The van der Waals surface area contributed by atoms with Crippen LogP contribution in [0.2, 0.25) is 0 Å². The minimum Gasteiger partial charge on any atom is -0.295 e. The Bertz CT molecular complexity index is 802. The fraction of sp³-hybridized carbons (Fsp3) is 0.0556. The Morgan fingerprint density at radius 2 is 1.77 bits per heavy atom. The van der Waals surface area contributed by atoms with Crippen LogP contribution in [0.4, 0.5) is 0 Å². The third kappa shape index (κ3) is 3.17. The topological polar surface area (TPSA) is 47.8 Å². The van der Waals surface area contributed by atoms with E-state index >= 15 is 0 Å². The van der Waals surface area contributed by atoms with E-state index in [1.165, 1.54) is 6.92 Å². The van der Waals surface area contributed by atoms with E-state index in [1.54, 1.807) is 16.8 Å². The molecule has 0 saturated carbocycles. The number of nitrogens with zero attached hydrogens (tertiary/aromatic N) is 3. The smallest absolute Gasteiger partial charge is 0.152 e. The van der Waals surface area contributed by atoms with Gasteiger partial charge in [-0.2, -0.15) is 0 Å². The van der Waals surface area contributed by atoms with E-state index in [2.05, 4.69) is 10.3 Å². The summed E-state index contributed by atoms with van der Waals surface area (Å²) in [5.41, 5.74) is 3.77. The third-order valence-corrected chi connectivity index (χ3v) is 3.23. The normalized spacial score (nSPS) is 11.0. The number of hydrogen-bond donors (Lipinski definition) is 0. The minimum absolute atomic E-state index is 0.0351.